The monoisotopic (exact) mass is 320 g/mol. The minimum Gasteiger partial charge on any atom is -0.508 e. The van der Waals surface area contributed by atoms with Crippen LogP contribution in [0, 0.1) is 6.92 Å². The van der Waals surface area contributed by atoms with Gasteiger partial charge < -0.3 is 15.3 Å². The summed E-state index contributed by atoms with van der Waals surface area (Å²) in [4.78, 5) is 0. The summed E-state index contributed by atoms with van der Waals surface area (Å²) in [6.45, 7) is 1.88. The Balaban J connectivity index is 1.99. The molecule has 0 saturated heterocycles. The van der Waals surface area contributed by atoms with E-state index >= 15 is 0 Å². The number of phenols is 3. The van der Waals surface area contributed by atoms with Crippen molar-refractivity contribution in [3.63, 3.8) is 0 Å². The van der Waals surface area contributed by atoms with Gasteiger partial charge in [-0.2, -0.15) is 0 Å². The van der Waals surface area contributed by atoms with Crippen molar-refractivity contribution >= 4 is 0 Å². The van der Waals surface area contributed by atoms with Crippen LogP contribution in [0.25, 0.3) is 0 Å². The molecule has 0 aliphatic carbocycles. The highest BCUT2D eigenvalue weighted by molar-refractivity contribution is 5.41. The smallest absolute Gasteiger partial charge is 0.118 e. The normalized spacial score (nSPS) is 10.9. The lowest BCUT2D eigenvalue weighted by Crippen LogP contribution is -2.05. The second kappa shape index (κ2) is 6.67. The predicted octanol–water partition coefficient (Wildman–Crippen LogP) is 4.49. The number of rotatable bonds is 4. The van der Waals surface area contributed by atoms with Crippen molar-refractivity contribution in [2.45, 2.75) is 19.3 Å². The number of aryl methyl sites for hydroxylation is 1. The quantitative estimate of drug-likeness (QED) is 0.664. The molecule has 0 atom stereocenters. The highest BCUT2D eigenvalue weighted by atomic mass is 16.3. The van der Waals surface area contributed by atoms with Crippen molar-refractivity contribution < 1.29 is 15.3 Å². The van der Waals surface area contributed by atoms with Crippen LogP contribution in [-0.4, -0.2) is 15.3 Å². The lowest BCUT2D eigenvalue weighted by Gasteiger charge is -2.19. The largest absolute Gasteiger partial charge is 0.508 e. The summed E-state index contributed by atoms with van der Waals surface area (Å²) in [6.07, 6.45) is 0.761. The van der Waals surface area contributed by atoms with Crippen molar-refractivity contribution in [2.24, 2.45) is 0 Å². The SMILES string of the molecule is Cc1cc(CC(c2ccc(O)cc2)c2ccc(O)cc2)ccc1O. The summed E-state index contributed by atoms with van der Waals surface area (Å²) in [7, 11) is 0. The van der Waals surface area contributed by atoms with Crippen molar-refractivity contribution in [3.8, 4) is 17.2 Å². The van der Waals surface area contributed by atoms with E-state index in [0.717, 1.165) is 28.7 Å². The van der Waals surface area contributed by atoms with Gasteiger partial charge in [0, 0.05) is 5.92 Å². The van der Waals surface area contributed by atoms with Gasteiger partial charge in [-0.3, -0.25) is 0 Å². The molecule has 0 aromatic heterocycles. The van der Waals surface area contributed by atoms with E-state index in [9.17, 15) is 15.3 Å². The number of hydrogen-bond acceptors (Lipinski definition) is 3. The highest BCUT2D eigenvalue weighted by Crippen LogP contribution is 2.31. The molecule has 3 aromatic carbocycles. The third-order valence-electron chi connectivity index (χ3n) is 4.29. The van der Waals surface area contributed by atoms with Gasteiger partial charge in [0.1, 0.15) is 17.2 Å². The molecule has 0 bridgehead atoms. The van der Waals surface area contributed by atoms with Gasteiger partial charge in [-0.25, -0.2) is 0 Å². The maximum absolute atomic E-state index is 9.72. The van der Waals surface area contributed by atoms with Crippen LogP contribution in [0.4, 0.5) is 0 Å². The molecule has 0 saturated carbocycles. The zero-order valence-corrected chi connectivity index (χ0v) is 13.5. The second-order valence-corrected chi connectivity index (χ2v) is 6.06. The van der Waals surface area contributed by atoms with Crippen LogP contribution in [0.3, 0.4) is 0 Å². The molecule has 3 aromatic rings. The van der Waals surface area contributed by atoms with E-state index in [1.807, 2.05) is 43.3 Å². The molecule has 0 unspecified atom stereocenters. The molecule has 3 heteroatoms. The first kappa shape index (κ1) is 15.9. The average molecular weight is 320 g/mol. The minimum absolute atomic E-state index is 0.0927. The lowest BCUT2D eigenvalue weighted by atomic mass is 9.85. The van der Waals surface area contributed by atoms with Crippen molar-refractivity contribution in [1.82, 2.24) is 0 Å². The first-order valence-corrected chi connectivity index (χ1v) is 7.89. The Hall–Kier alpha value is -2.94. The molecule has 0 fully saturated rings. The molecule has 24 heavy (non-hydrogen) atoms. The number of phenolic OH excluding ortho intramolecular Hbond substituents is 3. The fraction of sp³-hybridized carbons (Fsp3) is 0.143. The van der Waals surface area contributed by atoms with E-state index < -0.39 is 0 Å². The van der Waals surface area contributed by atoms with Gasteiger partial charge in [-0.05, 0) is 65.9 Å². The van der Waals surface area contributed by atoms with Gasteiger partial charge in [0.05, 0.1) is 0 Å². The van der Waals surface area contributed by atoms with Crippen LogP contribution >= 0.6 is 0 Å². The Morgan fingerprint density at radius 2 is 1.21 bits per heavy atom. The summed E-state index contributed by atoms with van der Waals surface area (Å²) < 4.78 is 0. The topological polar surface area (TPSA) is 60.7 Å². The molecule has 0 radical (unpaired) electrons. The first-order valence-electron chi connectivity index (χ1n) is 7.89. The summed E-state index contributed by atoms with van der Waals surface area (Å²) in [5.41, 5.74) is 4.15. The van der Waals surface area contributed by atoms with Gasteiger partial charge >= 0.3 is 0 Å². The molecule has 0 amide bonds. The zero-order valence-electron chi connectivity index (χ0n) is 13.5. The highest BCUT2D eigenvalue weighted by Gasteiger charge is 2.16. The Morgan fingerprint density at radius 1 is 0.708 bits per heavy atom. The Morgan fingerprint density at radius 3 is 1.67 bits per heavy atom. The first-order chi connectivity index (χ1) is 11.5. The summed E-state index contributed by atoms with van der Waals surface area (Å²) in [6, 6.07) is 20.0. The molecule has 0 heterocycles. The van der Waals surface area contributed by atoms with E-state index in [4.69, 9.17) is 0 Å². The molecule has 122 valence electrons. The predicted molar refractivity (Wildman–Crippen MR) is 94.6 cm³/mol. The van der Waals surface area contributed by atoms with Gasteiger partial charge in [0.25, 0.3) is 0 Å². The van der Waals surface area contributed by atoms with Crippen LogP contribution < -0.4 is 0 Å². The molecule has 3 nitrogen and oxygen atoms in total. The van der Waals surface area contributed by atoms with E-state index in [0.29, 0.717) is 5.75 Å². The van der Waals surface area contributed by atoms with Crippen LogP contribution in [0.5, 0.6) is 17.2 Å². The summed E-state index contributed by atoms with van der Waals surface area (Å²) >= 11 is 0. The number of aromatic hydroxyl groups is 3. The molecule has 0 aliphatic rings. The molecule has 0 spiro atoms. The van der Waals surface area contributed by atoms with Gasteiger partial charge in [-0.15, -0.1) is 0 Å². The van der Waals surface area contributed by atoms with Gasteiger partial charge in [0.2, 0.25) is 0 Å². The van der Waals surface area contributed by atoms with Crippen molar-refractivity contribution in [1.29, 1.82) is 0 Å². The second-order valence-electron chi connectivity index (χ2n) is 6.06. The maximum Gasteiger partial charge on any atom is 0.118 e. The molecular formula is C21H20O3. The third-order valence-corrected chi connectivity index (χ3v) is 4.29. The minimum atomic E-state index is 0.0927. The van der Waals surface area contributed by atoms with E-state index in [2.05, 4.69) is 0 Å². The standard InChI is InChI=1S/C21H20O3/c1-14-12-15(2-11-21(14)24)13-20(16-3-7-18(22)8-4-16)17-5-9-19(23)10-6-17/h2-12,20,22-24H,13H2,1H3. The van der Waals surface area contributed by atoms with Gasteiger partial charge in [0.15, 0.2) is 0 Å². The molecular weight excluding hydrogens is 300 g/mol. The van der Waals surface area contributed by atoms with Crippen molar-refractivity contribution in [2.75, 3.05) is 0 Å². The van der Waals surface area contributed by atoms with Crippen LogP contribution in [0.1, 0.15) is 28.2 Å². The maximum atomic E-state index is 9.72. The van der Waals surface area contributed by atoms with Crippen LogP contribution in [0.2, 0.25) is 0 Å². The number of benzene rings is 3. The fourth-order valence-corrected chi connectivity index (χ4v) is 2.92. The average Bonchev–Trinajstić information content (AvgIpc) is 2.58. The molecule has 0 aliphatic heterocycles. The van der Waals surface area contributed by atoms with Crippen LogP contribution in [-0.2, 0) is 6.42 Å². The molecule has 3 N–H and O–H groups in total. The Bertz CT molecular complexity index is 775. The zero-order chi connectivity index (χ0) is 17.1. The van der Waals surface area contributed by atoms with E-state index in [-0.39, 0.29) is 17.4 Å². The Kier molecular flexibility index (Phi) is 4.43. The fourth-order valence-electron chi connectivity index (χ4n) is 2.92. The number of hydrogen-bond donors (Lipinski definition) is 3. The van der Waals surface area contributed by atoms with E-state index in [1.54, 1.807) is 30.3 Å². The summed E-state index contributed by atoms with van der Waals surface area (Å²) in [5.74, 6) is 0.868. The van der Waals surface area contributed by atoms with Gasteiger partial charge in [-0.1, -0.05) is 36.4 Å². The third kappa shape index (κ3) is 3.51. The lowest BCUT2D eigenvalue weighted by molar-refractivity contribution is 0.470. The van der Waals surface area contributed by atoms with Crippen LogP contribution in [0.15, 0.2) is 66.7 Å². The van der Waals surface area contributed by atoms with E-state index in [1.165, 1.54) is 0 Å². The Labute approximate surface area is 141 Å². The summed E-state index contributed by atoms with van der Waals surface area (Å²) in [5, 5.41) is 28.8. The molecule has 3 rings (SSSR count). The van der Waals surface area contributed by atoms with Crippen molar-refractivity contribution in [3.05, 3.63) is 89.0 Å².